The van der Waals surface area contributed by atoms with Crippen molar-refractivity contribution in [1.82, 2.24) is 5.32 Å². The molecule has 0 bridgehead atoms. The first-order chi connectivity index (χ1) is 9.60. The van der Waals surface area contributed by atoms with Gasteiger partial charge in [-0.05, 0) is 46.7 Å². The summed E-state index contributed by atoms with van der Waals surface area (Å²) in [6.07, 6.45) is 0. The third-order valence-electron chi connectivity index (χ3n) is 2.71. The Hall–Kier alpha value is -1.10. The summed E-state index contributed by atoms with van der Waals surface area (Å²) >= 11 is 9.35. The summed E-state index contributed by atoms with van der Waals surface area (Å²) in [4.78, 5) is 0. The zero-order chi connectivity index (χ0) is 14.5. The monoisotopic (exact) mass is 357 g/mol. The second-order valence-corrected chi connectivity index (χ2v) is 5.50. The van der Waals surface area contributed by atoms with E-state index < -0.39 is 0 Å². The maximum atomic E-state index is 13.3. The molecule has 20 heavy (non-hydrogen) atoms. The minimum Gasteiger partial charge on any atom is -0.456 e. The summed E-state index contributed by atoms with van der Waals surface area (Å²) in [5, 5.41) is 3.80. The number of hydrogen-bond acceptors (Lipinski definition) is 2. The van der Waals surface area contributed by atoms with Crippen molar-refractivity contribution in [1.29, 1.82) is 0 Å². The van der Waals surface area contributed by atoms with Gasteiger partial charge < -0.3 is 10.1 Å². The van der Waals surface area contributed by atoms with Gasteiger partial charge in [0.15, 0.2) is 0 Å². The predicted molar refractivity (Wildman–Crippen MR) is 83.0 cm³/mol. The topological polar surface area (TPSA) is 21.3 Å². The van der Waals surface area contributed by atoms with Gasteiger partial charge in [-0.15, -0.1) is 0 Å². The highest BCUT2D eigenvalue weighted by Gasteiger charge is 2.09. The average molecular weight is 359 g/mol. The molecule has 2 nitrogen and oxygen atoms in total. The van der Waals surface area contributed by atoms with E-state index in [4.69, 9.17) is 16.3 Å². The molecule has 0 aromatic heterocycles. The van der Waals surface area contributed by atoms with Crippen molar-refractivity contribution in [2.75, 3.05) is 6.54 Å². The van der Waals surface area contributed by atoms with E-state index in [2.05, 4.69) is 21.2 Å². The largest absolute Gasteiger partial charge is 0.456 e. The Kier molecular flexibility index (Phi) is 5.40. The Morgan fingerprint density at radius 2 is 2.00 bits per heavy atom. The fourth-order valence-electron chi connectivity index (χ4n) is 1.70. The Balaban J connectivity index is 2.31. The van der Waals surface area contributed by atoms with E-state index in [1.165, 1.54) is 12.1 Å². The molecule has 106 valence electrons. The molecule has 0 atom stereocenters. The summed E-state index contributed by atoms with van der Waals surface area (Å²) in [7, 11) is 0. The van der Waals surface area contributed by atoms with Gasteiger partial charge in [0.05, 0.1) is 4.47 Å². The molecule has 0 radical (unpaired) electrons. The molecule has 0 aliphatic rings. The van der Waals surface area contributed by atoms with E-state index >= 15 is 0 Å². The van der Waals surface area contributed by atoms with E-state index in [1.807, 2.05) is 19.1 Å². The van der Waals surface area contributed by atoms with Crippen molar-refractivity contribution < 1.29 is 9.13 Å². The molecule has 1 N–H and O–H groups in total. The zero-order valence-corrected chi connectivity index (χ0v) is 13.3. The molecule has 2 aromatic rings. The van der Waals surface area contributed by atoms with E-state index in [0.29, 0.717) is 27.5 Å². The second kappa shape index (κ2) is 7.07. The first-order valence-electron chi connectivity index (χ1n) is 6.22. The number of hydrogen-bond donors (Lipinski definition) is 1. The lowest BCUT2D eigenvalue weighted by molar-refractivity contribution is 0.465. The molecule has 2 rings (SSSR count). The van der Waals surface area contributed by atoms with Gasteiger partial charge in [0.25, 0.3) is 0 Å². The first-order valence-corrected chi connectivity index (χ1v) is 7.39. The van der Waals surface area contributed by atoms with Crippen LogP contribution < -0.4 is 10.1 Å². The fraction of sp³-hybridized carbons (Fsp3) is 0.200. The molecule has 0 aliphatic carbocycles. The quantitative estimate of drug-likeness (QED) is 0.798. The highest BCUT2D eigenvalue weighted by molar-refractivity contribution is 9.10. The van der Waals surface area contributed by atoms with Gasteiger partial charge in [0, 0.05) is 23.2 Å². The number of halogens is 3. The van der Waals surface area contributed by atoms with Gasteiger partial charge in [-0.2, -0.15) is 0 Å². The third-order valence-corrected chi connectivity index (χ3v) is 3.60. The first kappa shape index (κ1) is 15.3. The van der Waals surface area contributed by atoms with E-state index in [1.54, 1.807) is 12.1 Å². The summed E-state index contributed by atoms with van der Waals surface area (Å²) in [6.45, 7) is 3.54. The van der Waals surface area contributed by atoms with E-state index in [-0.39, 0.29) is 5.82 Å². The molecule has 2 aromatic carbocycles. The van der Waals surface area contributed by atoms with Gasteiger partial charge in [0.1, 0.15) is 17.3 Å². The smallest absolute Gasteiger partial charge is 0.144 e. The second-order valence-electron chi connectivity index (χ2n) is 4.21. The van der Waals surface area contributed by atoms with Crippen molar-refractivity contribution >= 4 is 27.5 Å². The molecule has 0 fully saturated rings. The number of nitrogens with one attached hydrogen (secondary N) is 1. The van der Waals surface area contributed by atoms with Gasteiger partial charge in [-0.25, -0.2) is 4.39 Å². The molecule has 0 saturated heterocycles. The van der Waals surface area contributed by atoms with Crippen LogP contribution in [0.2, 0.25) is 5.02 Å². The maximum Gasteiger partial charge on any atom is 0.144 e. The van der Waals surface area contributed by atoms with Crippen LogP contribution in [0.3, 0.4) is 0 Å². The average Bonchev–Trinajstić information content (AvgIpc) is 2.42. The van der Waals surface area contributed by atoms with Crippen LogP contribution in [0.1, 0.15) is 12.5 Å². The number of ether oxygens (including phenoxy) is 1. The van der Waals surface area contributed by atoms with Crippen LogP contribution in [-0.4, -0.2) is 6.54 Å². The van der Waals surface area contributed by atoms with Crippen molar-refractivity contribution in [2.24, 2.45) is 0 Å². The highest BCUT2D eigenvalue weighted by Crippen LogP contribution is 2.33. The molecular weight excluding hydrogens is 345 g/mol. The van der Waals surface area contributed by atoms with Crippen molar-refractivity contribution in [2.45, 2.75) is 13.5 Å². The van der Waals surface area contributed by atoms with Crippen LogP contribution in [-0.2, 0) is 6.54 Å². The third kappa shape index (κ3) is 3.95. The lowest BCUT2D eigenvalue weighted by Gasteiger charge is -2.13. The minimum absolute atomic E-state index is 0.349. The van der Waals surface area contributed by atoms with Crippen LogP contribution in [0.4, 0.5) is 4.39 Å². The standard InChI is InChI=1S/C15H14BrClFNO/c1-2-19-9-10-3-4-11(17)7-14(10)20-15-8-12(18)5-6-13(15)16/h3-8,19H,2,9H2,1H3. The van der Waals surface area contributed by atoms with Crippen LogP contribution in [0.5, 0.6) is 11.5 Å². The molecule has 0 aliphatic heterocycles. The molecule has 5 heteroatoms. The molecular formula is C15H14BrClFNO. The van der Waals surface area contributed by atoms with Crippen LogP contribution >= 0.6 is 27.5 Å². The Labute approximate surface area is 131 Å². The van der Waals surface area contributed by atoms with Crippen LogP contribution in [0.25, 0.3) is 0 Å². The Bertz CT molecular complexity index is 606. The van der Waals surface area contributed by atoms with Gasteiger partial charge in [-0.1, -0.05) is 24.6 Å². The van der Waals surface area contributed by atoms with E-state index in [0.717, 1.165) is 12.1 Å². The fourth-order valence-corrected chi connectivity index (χ4v) is 2.19. The van der Waals surface area contributed by atoms with E-state index in [9.17, 15) is 4.39 Å². The van der Waals surface area contributed by atoms with Crippen LogP contribution in [0, 0.1) is 5.82 Å². The van der Waals surface area contributed by atoms with Crippen molar-refractivity contribution in [3.63, 3.8) is 0 Å². The molecule has 0 spiro atoms. The maximum absolute atomic E-state index is 13.3. The summed E-state index contributed by atoms with van der Waals surface area (Å²) in [6, 6.07) is 9.75. The summed E-state index contributed by atoms with van der Waals surface area (Å²) in [5.74, 6) is 0.688. The minimum atomic E-state index is -0.349. The predicted octanol–water partition coefficient (Wildman–Crippen LogP) is 5.14. The van der Waals surface area contributed by atoms with Gasteiger partial charge >= 0.3 is 0 Å². The normalized spacial score (nSPS) is 10.6. The SMILES string of the molecule is CCNCc1ccc(Cl)cc1Oc1cc(F)ccc1Br. The van der Waals surface area contributed by atoms with Crippen LogP contribution in [0.15, 0.2) is 40.9 Å². The molecule has 0 amide bonds. The van der Waals surface area contributed by atoms with Crippen molar-refractivity contribution in [3.05, 3.63) is 57.3 Å². The number of rotatable bonds is 5. The Morgan fingerprint density at radius 3 is 2.75 bits per heavy atom. The summed E-state index contributed by atoms with van der Waals surface area (Å²) in [5.41, 5.74) is 0.965. The molecule has 0 heterocycles. The Morgan fingerprint density at radius 1 is 1.20 bits per heavy atom. The lowest BCUT2D eigenvalue weighted by atomic mass is 10.2. The van der Waals surface area contributed by atoms with Crippen molar-refractivity contribution in [3.8, 4) is 11.5 Å². The van der Waals surface area contributed by atoms with Gasteiger partial charge in [-0.3, -0.25) is 0 Å². The lowest BCUT2D eigenvalue weighted by Crippen LogP contribution is -2.12. The molecule has 0 unspecified atom stereocenters. The summed E-state index contributed by atoms with van der Waals surface area (Å²) < 4.78 is 19.8. The molecule has 0 saturated carbocycles. The zero-order valence-electron chi connectivity index (χ0n) is 10.9. The number of benzene rings is 2. The van der Waals surface area contributed by atoms with Gasteiger partial charge in [0.2, 0.25) is 0 Å². The highest BCUT2D eigenvalue weighted by atomic mass is 79.9.